The van der Waals surface area contributed by atoms with Crippen LogP contribution in [0.2, 0.25) is 0 Å². The number of carboxylic acid groups (broad SMARTS) is 3. The number of carbonyl (C=O) groups excluding carboxylic acids is 2. The van der Waals surface area contributed by atoms with Crippen LogP contribution in [0.15, 0.2) is 0 Å². The van der Waals surface area contributed by atoms with Gasteiger partial charge in [0.1, 0.15) is 73.2 Å². The third kappa shape index (κ3) is 32.4. The minimum absolute atomic E-state index is 0. The van der Waals surface area contributed by atoms with Crippen LogP contribution in [0, 0.1) is 39.9 Å². The van der Waals surface area contributed by atoms with Crippen molar-refractivity contribution in [1.82, 2.24) is 24.5 Å². The fourth-order valence-electron chi connectivity index (χ4n) is 10.8. The van der Waals surface area contributed by atoms with Gasteiger partial charge in [0.05, 0.1) is 32.7 Å². The zero-order valence-electron chi connectivity index (χ0n) is 54.2. The molecule has 4 aliphatic rings. The van der Waals surface area contributed by atoms with E-state index in [-0.39, 0.29) is 124 Å². The van der Waals surface area contributed by atoms with Crippen molar-refractivity contribution in [3.63, 3.8) is 0 Å². The van der Waals surface area contributed by atoms with Crippen molar-refractivity contribution in [3.05, 3.63) is 0 Å². The van der Waals surface area contributed by atoms with Gasteiger partial charge in [0.25, 0.3) is 0 Å². The van der Waals surface area contributed by atoms with Crippen molar-refractivity contribution in [2.75, 3.05) is 112 Å². The van der Waals surface area contributed by atoms with Gasteiger partial charge in [0, 0.05) is 78.8 Å². The van der Waals surface area contributed by atoms with E-state index in [2.05, 4.69) is 0 Å². The summed E-state index contributed by atoms with van der Waals surface area (Å²) in [7, 11) is 0. The van der Waals surface area contributed by atoms with E-state index in [1.54, 1.807) is 9.80 Å². The number of amides is 2. The summed E-state index contributed by atoms with van der Waals surface area (Å²) in [5.74, 6) is -4.75. The van der Waals surface area contributed by atoms with E-state index in [1.807, 2.05) is 0 Å². The molecule has 0 aromatic heterocycles. The first-order chi connectivity index (χ1) is 45.1. The summed E-state index contributed by atoms with van der Waals surface area (Å²) in [4.78, 5) is 72.2. The number of aliphatic hydroxyl groups excluding tert-OH is 16. The second kappa shape index (κ2) is 48.5. The van der Waals surface area contributed by atoms with Gasteiger partial charge in [-0.3, -0.25) is 38.7 Å². The molecule has 19 N–H and O–H groups in total. The number of carbonyl (C=O) groups is 5. The maximum Gasteiger partial charge on any atom is 3.00 e. The summed E-state index contributed by atoms with van der Waals surface area (Å²) in [6.45, 7) is -2.03. The number of rotatable bonds is 48. The number of hydrogen-bond donors (Lipinski definition) is 19. The zero-order chi connectivity index (χ0) is 70.3. The van der Waals surface area contributed by atoms with Gasteiger partial charge in [0.2, 0.25) is 11.8 Å². The molecule has 2 amide bonds. The average Bonchev–Trinajstić information content (AvgIpc) is 0.860. The summed E-state index contributed by atoms with van der Waals surface area (Å²) >= 11 is 0. The van der Waals surface area contributed by atoms with Gasteiger partial charge in [-0.2, -0.15) is 0 Å². The van der Waals surface area contributed by atoms with E-state index in [4.69, 9.17) is 37.9 Å². The molecule has 39 heteroatoms. The Balaban J connectivity index is 0.0000160. The molecule has 0 aromatic carbocycles. The van der Waals surface area contributed by atoms with E-state index in [0.29, 0.717) is 103 Å². The van der Waals surface area contributed by atoms with Crippen molar-refractivity contribution < 1.29 is 204 Å². The molecule has 0 saturated carbocycles. The number of nitrogens with zero attached hydrogens (tertiary/aromatic N) is 5. The topological polar surface area (TPSA) is 588 Å². The van der Waals surface area contributed by atoms with Crippen LogP contribution < -0.4 is 0 Å². The minimum atomic E-state index is -1.78. The molecule has 0 aliphatic carbocycles. The van der Waals surface area contributed by atoms with Crippen molar-refractivity contribution in [2.24, 2.45) is 0 Å². The van der Waals surface area contributed by atoms with Crippen molar-refractivity contribution >= 4 is 29.7 Å². The Kier molecular flexibility index (Phi) is 45.3. The third-order valence-electron chi connectivity index (χ3n) is 16.6. The van der Waals surface area contributed by atoms with Crippen LogP contribution in [0.3, 0.4) is 0 Å². The molecule has 4 saturated heterocycles. The first-order valence-corrected chi connectivity index (χ1v) is 32.5. The number of hydrogen-bond acceptors (Lipinski definition) is 32. The normalized spacial score (nSPS) is 30.6. The summed E-state index contributed by atoms with van der Waals surface area (Å²) in [6.07, 6.45) is -24.8. The molecule has 4 aliphatic heterocycles. The van der Waals surface area contributed by atoms with Gasteiger partial charge in [-0.15, -0.1) is 0 Å². The summed E-state index contributed by atoms with van der Waals surface area (Å²) in [6, 6.07) is 0. The number of carboxylic acids is 3. The molecule has 38 nitrogen and oxygen atoms in total. The van der Waals surface area contributed by atoms with Crippen LogP contribution >= 0.6 is 0 Å². The molecule has 97 heavy (non-hydrogen) atoms. The molecule has 4 heterocycles. The monoisotopic (exact) mass is 1560 g/mol. The fourth-order valence-corrected chi connectivity index (χ4v) is 10.8. The third-order valence-corrected chi connectivity index (χ3v) is 16.6. The molecule has 1 radical (unpaired) electrons. The molecule has 567 valence electrons. The number of ether oxygens (including phenoxy) is 8. The quantitative estimate of drug-likeness (QED) is 0.0252. The number of unbranched alkanes of at least 4 members (excludes halogenated alkanes) is 12. The molecule has 4 unspecified atom stereocenters. The molecule has 0 bridgehead atoms. The van der Waals surface area contributed by atoms with Gasteiger partial charge in [-0.1, -0.05) is 51.4 Å². The maximum absolute atomic E-state index is 14.1. The van der Waals surface area contributed by atoms with E-state index < -0.39 is 186 Å². The fraction of sp³-hybridized carbons (Fsp3) is 0.914. The van der Waals surface area contributed by atoms with Crippen molar-refractivity contribution in [1.29, 1.82) is 0 Å². The Morgan fingerprint density at radius 1 is 0.268 bits per heavy atom. The van der Waals surface area contributed by atoms with Crippen molar-refractivity contribution in [2.45, 2.75) is 226 Å². The number of aliphatic carboxylic acids is 3. The standard InChI is InChI=1S/C58H105N5O32.Gd.O/c64-34(62(17-9-1-5-13-25-88-55-47(80)39(72)43(76)51(84)92-55)18-10-2-6-14-26-89-56-48(81)40(73)44(77)52(85)93-56)29-60(32-37(68)69)23-21-59(31-36(66)67)22-24-61(33-38(70)71)30-35(65)63(19-11-3-7-15-27-90-57-49(82)41(74)45(78)53(86)94-57)20-12-4-8-16-28-91-58-50(83)42(75)46(79)54(87)95-58;;/h39-58,72-87H,1-33H2,(H,66,67)(H,68,69)(H,70,71);;/q;+3;-2/t39-,40-,41-,42-,43-,44-,45-,46-,47-,48-,49-,50-,51-,52-,53-,54-,55?,56?,57?,58?;;/m0../s1. The van der Waals surface area contributed by atoms with Crippen LogP contribution in [0.25, 0.3) is 0 Å². The Morgan fingerprint density at radius 3 is 0.701 bits per heavy atom. The summed E-state index contributed by atoms with van der Waals surface area (Å²) in [5.41, 5.74) is 0. The van der Waals surface area contributed by atoms with E-state index in [0.717, 1.165) is 0 Å². The second-order valence-corrected chi connectivity index (χ2v) is 24.2. The van der Waals surface area contributed by atoms with E-state index >= 15 is 0 Å². The van der Waals surface area contributed by atoms with Crippen LogP contribution in [0.4, 0.5) is 0 Å². The molecular weight excluding hydrogens is 1450 g/mol. The van der Waals surface area contributed by atoms with Crippen LogP contribution in [0.5, 0.6) is 0 Å². The van der Waals surface area contributed by atoms with E-state index in [1.165, 1.54) is 14.7 Å². The predicted molar refractivity (Wildman–Crippen MR) is 319 cm³/mol. The SMILES string of the molecule is O=C(O)CN(CCN(CC(=O)O)CC(=O)N(CCCCCCOC1O[C@H](O)[C@@H](O)[C@H](O)[C@@H]1O)CCCCCCOC1O[C@H](O)[C@@H](O)[C@H](O)[C@@H]1O)CCN(CC(=O)O)CC(=O)N(CCCCCCOC1O[C@H](O)[C@@H](O)[C@H](O)[C@@H]1O)CCCCCCOC1O[C@H](O)[C@@H](O)[C@H](O)[C@@H]1O.[Gd+3].[O-2]. The second-order valence-electron chi connectivity index (χ2n) is 24.2. The molecule has 0 spiro atoms. The van der Waals surface area contributed by atoms with E-state index in [9.17, 15) is 121 Å². The number of aliphatic hydroxyl groups is 16. The molecular formula is C58H105GdN5O33+. The molecule has 4 rings (SSSR count). The van der Waals surface area contributed by atoms with Gasteiger partial charge in [0.15, 0.2) is 50.3 Å². The Morgan fingerprint density at radius 2 is 0.474 bits per heavy atom. The Hall–Kier alpha value is -2.45. The zero-order valence-corrected chi connectivity index (χ0v) is 56.5. The molecule has 0 aromatic rings. The predicted octanol–water partition coefficient (Wildman–Crippen LogP) is -7.98. The van der Waals surface area contributed by atoms with Crippen LogP contribution in [-0.4, -0.2) is 386 Å². The first-order valence-electron chi connectivity index (χ1n) is 32.5. The van der Waals surface area contributed by atoms with Crippen LogP contribution in [-0.2, 0) is 67.3 Å². The van der Waals surface area contributed by atoms with Gasteiger partial charge >= 0.3 is 57.8 Å². The summed E-state index contributed by atoms with van der Waals surface area (Å²) < 4.78 is 42.1. The maximum atomic E-state index is 14.1. The first kappa shape index (κ1) is 90.6. The molecule has 4 fully saturated rings. The average molecular weight is 1560 g/mol. The Bertz CT molecular complexity index is 1970. The minimum Gasteiger partial charge on any atom is -2.00 e. The van der Waals surface area contributed by atoms with Gasteiger partial charge in [-0.05, 0) is 51.4 Å². The largest absolute Gasteiger partial charge is 3.00 e. The summed E-state index contributed by atoms with van der Waals surface area (Å²) in [5, 5.41) is 189. The smallest absolute Gasteiger partial charge is 2.00 e. The van der Waals surface area contributed by atoms with Crippen LogP contribution in [0.1, 0.15) is 103 Å². The van der Waals surface area contributed by atoms with Crippen molar-refractivity contribution in [3.8, 4) is 0 Å². The molecule has 20 atom stereocenters. The Labute approximate surface area is 593 Å². The van der Waals surface area contributed by atoms with Gasteiger partial charge in [-0.25, -0.2) is 0 Å². The van der Waals surface area contributed by atoms with Gasteiger partial charge < -0.3 is 150 Å².